The van der Waals surface area contributed by atoms with E-state index in [2.05, 4.69) is 51.1 Å². The zero-order valence-electron chi connectivity index (χ0n) is 21.2. The van der Waals surface area contributed by atoms with E-state index < -0.39 is 5.97 Å². The van der Waals surface area contributed by atoms with Crippen LogP contribution in [0.2, 0.25) is 0 Å². The van der Waals surface area contributed by atoms with Crippen molar-refractivity contribution in [2.75, 3.05) is 7.11 Å². The Balaban J connectivity index is 1.55. The lowest BCUT2D eigenvalue weighted by atomic mass is 9.72. The number of ether oxygens (including phenoxy) is 2. The largest absolute Gasteiger partial charge is 0.497 e. The first-order valence-corrected chi connectivity index (χ1v) is 12.5. The van der Waals surface area contributed by atoms with Gasteiger partial charge in [0.25, 0.3) is 0 Å². The van der Waals surface area contributed by atoms with Crippen LogP contribution in [0.15, 0.2) is 66.7 Å². The van der Waals surface area contributed by atoms with Crippen molar-refractivity contribution in [1.29, 1.82) is 0 Å². The van der Waals surface area contributed by atoms with Gasteiger partial charge in [0, 0.05) is 0 Å². The maximum Gasteiger partial charge on any atom is 0.303 e. The number of aliphatic carboxylic acids is 1. The summed E-state index contributed by atoms with van der Waals surface area (Å²) in [5.74, 6) is 1.41. The molecule has 0 radical (unpaired) electrons. The molecule has 35 heavy (non-hydrogen) atoms. The van der Waals surface area contributed by atoms with Gasteiger partial charge in [-0.1, -0.05) is 69.7 Å². The summed E-state index contributed by atoms with van der Waals surface area (Å²) in [7, 11) is 1.69. The topological polar surface area (TPSA) is 55.8 Å². The summed E-state index contributed by atoms with van der Waals surface area (Å²) >= 11 is 0. The van der Waals surface area contributed by atoms with E-state index >= 15 is 0 Å². The first-order chi connectivity index (χ1) is 16.7. The van der Waals surface area contributed by atoms with Crippen molar-refractivity contribution in [1.82, 2.24) is 0 Å². The normalized spacial score (nSPS) is 14.7. The predicted octanol–water partition coefficient (Wildman–Crippen LogP) is 7.60. The van der Waals surface area contributed by atoms with E-state index in [1.807, 2.05) is 36.4 Å². The Morgan fingerprint density at radius 1 is 1.00 bits per heavy atom. The fraction of sp³-hybridized carbons (Fsp3) is 0.387. The minimum atomic E-state index is -0.737. The van der Waals surface area contributed by atoms with Gasteiger partial charge in [0.1, 0.15) is 18.1 Å². The molecule has 1 aliphatic rings. The highest BCUT2D eigenvalue weighted by molar-refractivity contribution is 5.70. The first kappa shape index (κ1) is 24.8. The molecule has 0 aromatic heterocycles. The summed E-state index contributed by atoms with van der Waals surface area (Å²) in [6.45, 7) is 7.13. The second kappa shape index (κ2) is 10.6. The smallest absolute Gasteiger partial charge is 0.303 e. The minimum absolute atomic E-state index is 0.0405. The van der Waals surface area contributed by atoms with Gasteiger partial charge in [-0.25, -0.2) is 0 Å². The molecule has 184 valence electrons. The van der Waals surface area contributed by atoms with Gasteiger partial charge < -0.3 is 14.6 Å². The molecule has 1 atom stereocenters. The van der Waals surface area contributed by atoms with E-state index in [4.69, 9.17) is 9.47 Å². The fourth-order valence-corrected chi connectivity index (χ4v) is 4.93. The van der Waals surface area contributed by atoms with Crippen LogP contribution in [0.1, 0.15) is 69.1 Å². The van der Waals surface area contributed by atoms with Crippen molar-refractivity contribution < 1.29 is 19.4 Å². The number of hydrogen-bond acceptors (Lipinski definition) is 3. The van der Waals surface area contributed by atoms with Crippen molar-refractivity contribution in [2.45, 2.75) is 64.4 Å². The maximum absolute atomic E-state index is 11.5. The zero-order chi connectivity index (χ0) is 25.0. The Morgan fingerprint density at radius 3 is 2.40 bits per heavy atom. The van der Waals surface area contributed by atoms with E-state index in [0.717, 1.165) is 41.0 Å². The highest BCUT2D eigenvalue weighted by Crippen LogP contribution is 2.42. The molecule has 4 nitrogen and oxygen atoms in total. The van der Waals surface area contributed by atoms with Crippen LogP contribution in [0.4, 0.5) is 0 Å². The number of carbonyl (C=O) groups is 1. The summed E-state index contributed by atoms with van der Waals surface area (Å²) < 4.78 is 11.6. The average molecular weight is 473 g/mol. The lowest BCUT2D eigenvalue weighted by Gasteiger charge is -2.33. The minimum Gasteiger partial charge on any atom is -0.497 e. The number of rotatable bonds is 9. The lowest BCUT2D eigenvalue weighted by Crippen LogP contribution is -2.22. The molecule has 1 saturated carbocycles. The Bertz CT molecular complexity index is 1170. The standard InChI is InChI=1S/C31H36O4/c1-31(2,3)29-16-21(14-15-27(29)23-10-6-12-25(17-23)34-4)20-35-26-13-7-11-24(18-26)28(19-30(32)33)22-8-5-9-22/h6-7,10-18,22,28H,5,8-9,19-20H2,1-4H3,(H,32,33)/t28-/m0/s1. The summed E-state index contributed by atoms with van der Waals surface area (Å²) in [6.07, 6.45) is 3.59. The summed E-state index contributed by atoms with van der Waals surface area (Å²) in [6, 6.07) is 22.7. The highest BCUT2D eigenvalue weighted by Gasteiger charge is 2.30. The van der Waals surface area contributed by atoms with Gasteiger partial charge in [-0.2, -0.15) is 0 Å². The molecule has 0 spiro atoms. The van der Waals surface area contributed by atoms with Gasteiger partial charge in [-0.05, 0) is 82.2 Å². The first-order valence-electron chi connectivity index (χ1n) is 12.5. The van der Waals surface area contributed by atoms with Crippen LogP contribution in [0, 0.1) is 5.92 Å². The van der Waals surface area contributed by atoms with Crippen LogP contribution >= 0.6 is 0 Å². The molecule has 0 amide bonds. The molecule has 0 aliphatic heterocycles. The molecule has 3 aromatic carbocycles. The second-order valence-corrected chi connectivity index (χ2v) is 10.6. The molecule has 1 aliphatic carbocycles. The highest BCUT2D eigenvalue weighted by atomic mass is 16.5. The third-order valence-electron chi connectivity index (χ3n) is 7.08. The number of carboxylic acid groups (broad SMARTS) is 1. The van der Waals surface area contributed by atoms with Gasteiger partial charge in [0.05, 0.1) is 13.5 Å². The van der Waals surface area contributed by atoms with Crippen molar-refractivity contribution in [3.05, 3.63) is 83.4 Å². The summed E-state index contributed by atoms with van der Waals surface area (Å²) in [5.41, 5.74) is 5.72. The maximum atomic E-state index is 11.5. The van der Waals surface area contributed by atoms with Crippen LogP contribution in [0.25, 0.3) is 11.1 Å². The lowest BCUT2D eigenvalue weighted by molar-refractivity contribution is -0.138. The Kier molecular flexibility index (Phi) is 7.49. The van der Waals surface area contributed by atoms with Crippen LogP contribution in [0.5, 0.6) is 11.5 Å². The van der Waals surface area contributed by atoms with E-state index in [9.17, 15) is 9.90 Å². The number of benzene rings is 3. The van der Waals surface area contributed by atoms with Crippen LogP contribution in [-0.2, 0) is 16.8 Å². The third-order valence-corrected chi connectivity index (χ3v) is 7.08. The number of methoxy groups -OCH3 is 1. The second-order valence-electron chi connectivity index (χ2n) is 10.6. The van der Waals surface area contributed by atoms with Gasteiger partial charge in [0.15, 0.2) is 0 Å². The Morgan fingerprint density at radius 2 is 1.74 bits per heavy atom. The molecule has 0 bridgehead atoms. The molecule has 4 rings (SSSR count). The average Bonchev–Trinajstić information content (AvgIpc) is 2.80. The van der Waals surface area contributed by atoms with Crippen LogP contribution in [-0.4, -0.2) is 18.2 Å². The van der Waals surface area contributed by atoms with Crippen molar-refractivity contribution in [3.63, 3.8) is 0 Å². The molecular weight excluding hydrogens is 436 g/mol. The third kappa shape index (κ3) is 6.05. The quantitative estimate of drug-likeness (QED) is 0.348. The Hall–Kier alpha value is -3.27. The number of carboxylic acids is 1. The molecule has 1 fully saturated rings. The molecular formula is C31H36O4. The van der Waals surface area contributed by atoms with Crippen molar-refractivity contribution in [2.24, 2.45) is 5.92 Å². The van der Waals surface area contributed by atoms with Gasteiger partial charge in [-0.3, -0.25) is 4.79 Å². The predicted molar refractivity (Wildman–Crippen MR) is 140 cm³/mol. The van der Waals surface area contributed by atoms with Gasteiger partial charge in [-0.15, -0.1) is 0 Å². The molecule has 0 heterocycles. The molecule has 4 heteroatoms. The summed E-state index contributed by atoms with van der Waals surface area (Å²) in [5, 5.41) is 9.42. The zero-order valence-corrected chi connectivity index (χ0v) is 21.2. The molecule has 0 unspecified atom stereocenters. The van der Waals surface area contributed by atoms with Crippen LogP contribution < -0.4 is 9.47 Å². The van der Waals surface area contributed by atoms with Crippen molar-refractivity contribution >= 4 is 5.97 Å². The summed E-state index contributed by atoms with van der Waals surface area (Å²) in [4.78, 5) is 11.5. The van der Waals surface area contributed by atoms with E-state index in [0.29, 0.717) is 12.5 Å². The number of hydrogen-bond donors (Lipinski definition) is 1. The van der Waals surface area contributed by atoms with E-state index in [1.54, 1.807) is 7.11 Å². The van der Waals surface area contributed by atoms with E-state index in [1.165, 1.54) is 17.5 Å². The molecule has 3 aromatic rings. The van der Waals surface area contributed by atoms with E-state index in [-0.39, 0.29) is 17.8 Å². The monoisotopic (exact) mass is 472 g/mol. The fourth-order valence-electron chi connectivity index (χ4n) is 4.93. The molecule has 1 N–H and O–H groups in total. The van der Waals surface area contributed by atoms with Gasteiger partial charge in [0.2, 0.25) is 0 Å². The van der Waals surface area contributed by atoms with Crippen molar-refractivity contribution in [3.8, 4) is 22.6 Å². The van der Waals surface area contributed by atoms with Gasteiger partial charge >= 0.3 is 5.97 Å². The molecule has 0 saturated heterocycles. The van der Waals surface area contributed by atoms with Crippen LogP contribution in [0.3, 0.4) is 0 Å². The SMILES string of the molecule is COc1cccc(-c2ccc(COc3cccc([C@@H](CC(=O)O)C4CCC4)c3)cc2C(C)(C)C)c1. The Labute approximate surface area is 208 Å².